The molecule has 1 saturated heterocycles. The van der Waals surface area contributed by atoms with Crippen molar-refractivity contribution in [2.45, 2.75) is 38.8 Å². The smallest absolute Gasteiger partial charge is 0.331 e. The standard InChI is InChI=1S/C20H23N3O4/c1-14-12-16(27-15(14)2)13-22-9-6-20(7-10-22,19(24)25)23-8-5-17(21-23)18-4-3-11-26-18/h3-5,8,11-12H,6-7,9-10,13H2,1-2H3,(H,24,25). The first-order valence-electron chi connectivity index (χ1n) is 9.10. The SMILES string of the molecule is Cc1cc(CN2CCC(C(=O)O)(n3ccc(-c4ccco4)n3)CC2)oc1C. The lowest BCUT2D eigenvalue weighted by molar-refractivity contribution is -0.151. The highest BCUT2D eigenvalue weighted by molar-refractivity contribution is 5.77. The van der Waals surface area contributed by atoms with Crippen LogP contribution in [0.25, 0.3) is 11.5 Å². The molecule has 1 fully saturated rings. The number of aromatic nitrogens is 2. The Kier molecular flexibility index (Phi) is 4.39. The van der Waals surface area contributed by atoms with Gasteiger partial charge in [-0.15, -0.1) is 0 Å². The van der Waals surface area contributed by atoms with Crippen molar-refractivity contribution in [2.75, 3.05) is 13.1 Å². The lowest BCUT2D eigenvalue weighted by atomic mass is 9.87. The van der Waals surface area contributed by atoms with E-state index < -0.39 is 11.5 Å². The van der Waals surface area contributed by atoms with Gasteiger partial charge in [-0.1, -0.05) is 0 Å². The minimum atomic E-state index is -1.03. The molecule has 142 valence electrons. The van der Waals surface area contributed by atoms with Crippen LogP contribution in [0.5, 0.6) is 0 Å². The predicted octanol–water partition coefficient (Wildman–Crippen LogP) is 3.43. The fourth-order valence-corrected chi connectivity index (χ4v) is 3.69. The molecule has 3 aromatic heterocycles. The molecule has 0 bridgehead atoms. The number of aliphatic carboxylic acids is 1. The third kappa shape index (κ3) is 3.19. The Bertz CT molecular complexity index is 911. The van der Waals surface area contributed by atoms with Crippen LogP contribution in [0.15, 0.2) is 45.6 Å². The van der Waals surface area contributed by atoms with E-state index in [1.165, 1.54) is 0 Å². The maximum Gasteiger partial charge on any atom is 0.331 e. The molecule has 0 saturated carbocycles. The summed E-state index contributed by atoms with van der Waals surface area (Å²) in [6.07, 6.45) is 4.29. The minimum absolute atomic E-state index is 0.486. The number of carboxylic acid groups (broad SMARTS) is 1. The Morgan fingerprint density at radius 1 is 1.30 bits per heavy atom. The summed E-state index contributed by atoms with van der Waals surface area (Å²) >= 11 is 0. The Balaban J connectivity index is 1.50. The highest BCUT2D eigenvalue weighted by Crippen LogP contribution is 2.32. The quantitative estimate of drug-likeness (QED) is 0.742. The third-order valence-corrected chi connectivity index (χ3v) is 5.48. The Morgan fingerprint density at radius 2 is 2.07 bits per heavy atom. The molecule has 0 spiro atoms. The first-order valence-corrected chi connectivity index (χ1v) is 9.10. The number of hydrogen-bond acceptors (Lipinski definition) is 5. The summed E-state index contributed by atoms with van der Waals surface area (Å²) in [6, 6.07) is 7.45. The number of carbonyl (C=O) groups is 1. The number of carboxylic acids is 1. The van der Waals surface area contributed by atoms with Gasteiger partial charge in [-0.2, -0.15) is 5.10 Å². The van der Waals surface area contributed by atoms with Crippen LogP contribution in [0.3, 0.4) is 0 Å². The molecule has 27 heavy (non-hydrogen) atoms. The highest BCUT2D eigenvalue weighted by atomic mass is 16.4. The molecule has 1 N–H and O–H groups in total. The van der Waals surface area contributed by atoms with Crippen LogP contribution >= 0.6 is 0 Å². The first-order chi connectivity index (χ1) is 13.0. The second-order valence-corrected chi connectivity index (χ2v) is 7.19. The highest BCUT2D eigenvalue weighted by Gasteiger charge is 2.44. The van der Waals surface area contributed by atoms with Gasteiger partial charge in [-0.25, -0.2) is 4.79 Å². The van der Waals surface area contributed by atoms with Gasteiger partial charge in [0.1, 0.15) is 17.2 Å². The molecule has 1 aliphatic heterocycles. The van der Waals surface area contributed by atoms with Crippen LogP contribution < -0.4 is 0 Å². The minimum Gasteiger partial charge on any atom is -0.479 e. The van der Waals surface area contributed by atoms with Crippen molar-refractivity contribution in [1.82, 2.24) is 14.7 Å². The van der Waals surface area contributed by atoms with Crippen molar-refractivity contribution in [2.24, 2.45) is 0 Å². The van der Waals surface area contributed by atoms with E-state index in [9.17, 15) is 9.90 Å². The normalized spacial score (nSPS) is 17.3. The van der Waals surface area contributed by atoms with Crippen LogP contribution in [0.1, 0.15) is 29.9 Å². The van der Waals surface area contributed by atoms with Crippen molar-refractivity contribution in [3.05, 3.63) is 53.8 Å². The Morgan fingerprint density at radius 3 is 2.67 bits per heavy atom. The zero-order chi connectivity index (χ0) is 19.0. The molecule has 4 rings (SSSR count). The summed E-state index contributed by atoms with van der Waals surface area (Å²) in [5.41, 5.74) is 0.754. The molecule has 0 unspecified atom stereocenters. The number of aryl methyl sites for hydroxylation is 2. The van der Waals surface area contributed by atoms with Crippen molar-refractivity contribution >= 4 is 5.97 Å². The number of hydrogen-bond donors (Lipinski definition) is 1. The van der Waals surface area contributed by atoms with Gasteiger partial charge in [0.05, 0.1) is 12.8 Å². The lowest BCUT2D eigenvalue weighted by Gasteiger charge is -2.38. The fraction of sp³-hybridized carbons (Fsp3) is 0.400. The van der Waals surface area contributed by atoms with Crippen LogP contribution in [-0.2, 0) is 16.9 Å². The number of piperidine rings is 1. The van der Waals surface area contributed by atoms with Crippen molar-refractivity contribution in [3.8, 4) is 11.5 Å². The molecule has 0 atom stereocenters. The summed E-state index contributed by atoms with van der Waals surface area (Å²) in [6.45, 7) is 6.02. The topological polar surface area (TPSA) is 84.6 Å². The van der Waals surface area contributed by atoms with E-state index >= 15 is 0 Å². The van der Waals surface area contributed by atoms with E-state index in [0.717, 1.165) is 17.1 Å². The summed E-state index contributed by atoms with van der Waals surface area (Å²) < 4.78 is 12.7. The molecule has 4 heterocycles. The second kappa shape index (κ2) is 6.74. The number of nitrogens with zero attached hydrogens (tertiary/aromatic N) is 3. The maximum atomic E-state index is 12.2. The van der Waals surface area contributed by atoms with Crippen LogP contribution in [-0.4, -0.2) is 38.8 Å². The molecule has 7 nitrogen and oxygen atoms in total. The van der Waals surface area contributed by atoms with Gasteiger partial charge in [0.25, 0.3) is 0 Å². The predicted molar refractivity (Wildman–Crippen MR) is 98.2 cm³/mol. The molecule has 0 amide bonds. The zero-order valence-electron chi connectivity index (χ0n) is 15.5. The fourth-order valence-electron chi connectivity index (χ4n) is 3.69. The summed E-state index contributed by atoms with van der Waals surface area (Å²) in [7, 11) is 0. The third-order valence-electron chi connectivity index (χ3n) is 5.48. The molecular formula is C20H23N3O4. The monoisotopic (exact) mass is 369 g/mol. The second-order valence-electron chi connectivity index (χ2n) is 7.19. The van der Waals surface area contributed by atoms with E-state index in [4.69, 9.17) is 8.83 Å². The zero-order valence-corrected chi connectivity index (χ0v) is 15.5. The lowest BCUT2D eigenvalue weighted by Crippen LogP contribution is -2.51. The average Bonchev–Trinajstić information content (AvgIpc) is 3.38. The van der Waals surface area contributed by atoms with Crippen LogP contribution in [0.4, 0.5) is 0 Å². The average molecular weight is 369 g/mol. The number of furan rings is 2. The molecule has 0 aromatic carbocycles. The van der Waals surface area contributed by atoms with E-state index in [1.54, 1.807) is 29.3 Å². The Labute approximate surface area is 157 Å². The van der Waals surface area contributed by atoms with E-state index in [0.29, 0.717) is 43.9 Å². The van der Waals surface area contributed by atoms with Gasteiger partial charge < -0.3 is 13.9 Å². The van der Waals surface area contributed by atoms with Crippen LogP contribution in [0.2, 0.25) is 0 Å². The van der Waals surface area contributed by atoms with E-state index in [-0.39, 0.29) is 0 Å². The van der Waals surface area contributed by atoms with Crippen molar-refractivity contribution < 1.29 is 18.7 Å². The molecule has 0 radical (unpaired) electrons. The van der Waals surface area contributed by atoms with Crippen molar-refractivity contribution in [3.63, 3.8) is 0 Å². The summed E-state index contributed by atoms with van der Waals surface area (Å²) in [5, 5.41) is 14.5. The van der Waals surface area contributed by atoms with Gasteiger partial charge in [0.2, 0.25) is 0 Å². The van der Waals surface area contributed by atoms with E-state index in [1.807, 2.05) is 19.9 Å². The molecule has 1 aliphatic rings. The summed E-state index contributed by atoms with van der Waals surface area (Å²) in [5.74, 6) is 1.65. The Hall–Kier alpha value is -2.80. The largest absolute Gasteiger partial charge is 0.479 e. The van der Waals surface area contributed by atoms with Gasteiger partial charge in [0.15, 0.2) is 11.3 Å². The van der Waals surface area contributed by atoms with Crippen LogP contribution in [0, 0.1) is 13.8 Å². The van der Waals surface area contributed by atoms with E-state index in [2.05, 4.69) is 16.1 Å². The molecule has 0 aliphatic carbocycles. The molecular weight excluding hydrogens is 346 g/mol. The van der Waals surface area contributed by atoms with Gasteiger partial charge in [-0.3, -0.25) is 9.58 Å². The van der Waals surface area contributed by atoms with Gasteiger partial charge in [0, 0.05) is 19.3 Å². The molecule has 3 aromatic rings. The van der Waals surface area contributed by atoms with Gasteiger partial charge in [-0.05, 0) is 56.5 Å². The maximum absolute atomic E-state index is 12.2. The van der Waals surface area contributed by atoms with Crippen molar-refractivity contribution in [1.29, 1.82) is 0 Å². The van der Waals surface area contributed by atoms with Gasteiger partial charge >= 0.3 is 5.97 Å². The number of rotatable bonds is 5. The summed E-state index contributed by atoms with van der Waals surface area (Å²) in [4.78, 5) is 14.4. The number of likely N-dealkylation sites (tertiary alicyclic amines) is 1. The molecule has 7 heteroatoms. The first kappa shape index (κ1) is 17.6.